The van der Waals surface area contributed by atoms with E-state index in [4.69, 9.17) is 16.6 Å². The van der Waals surface area contributed by atoms with Crippen molar-refractivity contribution in [1.82, 2.24) is 29.3 Å². The molecule has 0 saturated carbocycles. The molecule has 10 nitrogen and oxygen atoms in total. The molecular weight excluding hydrogens is 494 g/mol. The van der Waals surface area contributed by atoms with E-state index in [0.29, 0.717) is 28.0 Å². The van der Waals surface area contributed by atoms with Gasteiger partial charge in [0.2, 0.25) is 0 Å². The van der Waals surface area contributed by atoms with Crippen LogP contribution < -0.4 is 10.9 Å². The minimum Gasteiger partial charge on any atom is -0.476 e. The third-order valence-electron chi connectivity index (χ3n) is 6.01. The third kappa shape index (κ3) is 4.54. The smallest absolute Gasteiger partial charge is 0.356 e. The highest BCUT2D eigenvalue weighted by molar-refractivity contribution is 6.29. The number of hydrogen-bond acceptors (Lipinski definition) is 7. The first-order valence-corrected chi connectivity index (χ1v) is 11.7. The van der Waals surface area contributed by atoms with Crippen molar-refractivity contribution in [2.45, 2.75) is 19.9 Å². The first kappa shape index (κ1) is 24.1. The van der Waals surface area contributed by atoms with Crippen molar-refractivity contribution in [2.24, 2.45) is 7.05 Å². The molecule has 0 unspecified atom stereocenters. The maximum Gasteiger partial charge on any atom is 0.356 e. The van der Waals surface area contributed by atoms with Crippen molar-refractivity contribution >= 4 is 34.2 Å². The highest BCUT2D eigenvalue weighted by atomic mass is 35.5. The van der Waals surface area contributed by atoms with Gasteiger partial charge in [0.25, 0.3) is 5.56 Å². The van der Waals surface area contributed by atoms with Crippen molar-refractivity contribution in [3.05, 3.63) is 93.5 Å². The molecule has 0 saturated heterocycles. The largest absolute Gasteiger partial charge is 0.476 e. The van der Waals surface area contributed by atoms with Gasteiger partial charge in [0, 0.05) is 36.8 Å². The van der Waals surface area contributed by atoms with Crippen molar-refractivity contribution in [2.75, 3.05) is 5.32 Å². The number of fused-ring (bicyclic) bond motifs is 1. The van der Waals surface area contributed by atoms with Gasteiger partial charge >= 0.3 is 5.97 Å². The fourth-order valence-electron chi connectivity index (χ4n) is 4.26. The summed E-state index contributed by atoms with van der Waals surface area (Å²) in [4.78, 5) is 38.3. The fourth-order valence-corrected chi connectivity index (χ4v) is 4.41. The molecule has 0 amide bonds. The van der Waals surface area contributed by atoms with Gasteiger partial charge in [0.1, 0.15) is 11.0 Å². The van der Waals surface area contributed by atoms with Crippen LogP contribution in [0.2, 0.25) is 5.15 Å². The van der Waals surface area contributed by atoms with Crippen LogP contribution in [0.15, 0.2) is 66.0 Å². The van der Waals surface area contributed by atoms with E-state index in [1.165, 1.54) is 10.6 Å². The van der Waals surface area contributed by atoms with Gasteiger partial charge in [-0.25, -0.2) is 19.4 Å². The molecule has 0 radical (unpaired) electrons. The van der Waals surface area contributed by atoms with E-state index >= 15 is 0 Å². The second kappa shape index (κ2) is 9.47. The zero-order valence-electron chi connectivity index (χ0n) is 20.2. The molecule has 2 N–H and O–H groups in total. The molecule has 1 atom stereocenters. The predicted octanol–water partition coefficient (Wildman–Crippen LogP) is 4.41. The number of rotatable bonds is 6. The Bertz CT molecular complexity index is 1710. The quantitative estimate of drug-likeness (QED) is 0.318. The van der Waals surface area contributed by atoms with Crippen LogP contribution in [0.5, 0.6) is 0 Å². The van der Waals surface area contributed by atoms with Gasteiger partial charge < -0.3 is 10.4 Å². The summed E-state index contributed by atoms with van der Waals surface area (Å²) >= 11 is 5.91. The molecule has 4 aromatic heterocycles. The summed E-state index contributed by atoms with van der Waals surface area (Å²) in [6, 6.07) is 10.1. The van der Waals surface area contributed by atoms with Crippen LogP contribution in [-0.4, -0.2) is 40.4 Å². The number of carboxylic acid groups (broad SMARTS) is 1. The van der Waals surface area contributed by atoms with E-state index < -0.39 is 12.0 Å². The Labute approximate surface area is 216 Å². The lowest BCUT2D eigenvalue weighted by molar-refractivity contribution is 0.0691. The zero-order valence-corrected chi connectivity index (χ0v) is 20.9. The molecule has 37 heavy (non-hydrogen) atoms. The molecule has 0 spiro atoms. The second-order valence-corrected chi connectivity index (χ2v) is 9.02. The van der Waals surface area contributed by atoms with Gasteiger partial charge in [-0.3, -0.25) is 14.3 Å². The van der Waals surface area contributed by atoms with Crippen LogP contribution in [0, 0.1) is 6.92 Å². The number of carbonyl (C=O) groups is 1. The minimum absolute atomic E-state index is 0.0809. The van der Waals surface area contributed by atoms with Gasteiger partial charge in [-0.15, -0.1) is 0 Å². The average Bonchev–Trinajstić information content (AvgIpc) is 3.42. The number of benzene rings is 1. The summed E-state index contributed by atoms with van der Waals surface area (Å²) in [6.45, 7) is 3.76. The lowest BCUT2D eigenvalue weighted by atomic mass is 10.0. The molecule has 4 heterocycles. The summed E-state index contributed by atoms with van der Waals surface area (Å²) in [5, 5.41) is 17.6. The van der Waals surface area contributed by atoms with Gasteiger partial charge in [-0.05, 0) is 49.7 Å². The zero-order chi connectivity index (χ0) is 26.3. The van der Waals surface area contributed by atoms with E-state index in [1.54, 1.807) is 48.6 Å². The van der Waals surface area contributed by atoms with Crippen LogP contribution in [-0.2, 0) is 7.05 Å². The van der Waals surface area contributed by atoms with Crippen molar-refractivity contribution in [3.8, 4) is 17.1 Å². The van der Waals surface area contributed by atoms with Crippen molar-refractivity contribution in [1.29, 1.82) is 0 Å². The molecule has 11 heteroatoms. The first-order valence-electron chi connectivity index (χ1n) is 11.4. The maximum atomic E-state index is 13.5. The highest BCUT2D eigenvalue weighted by Gasteiger charge is 2.20. The summed E-state index contributed by atoms with van der Waals surface area (Å²) in [6.07, 6.45) is 6.80. The predicted molar refractivity (Wildman–Crippen MR) is 140 cm³/mol. The number of halogens is 1. The van der Waals surface area contributed by atoms with Gasteiger partial charge in [0.05, 0.1) is 34.5 Å². The third-order valence-corrected chi connectivity index (χ3v) is 6.22. The van der Waals surface area contributed by atoms with Crippen LogP contribution in [0.4, 0.5) is 5.69 Å². The summed E-state index contributed by atoms with van der Waals surface area (Å²) in [5.74, 6) is -0.763. The average molecular weight is 516 g/mol. The number of hydrogen-bond donors (Lipinski definition) is 2. The molecule has 0 bridgehead atoms. The van der Waals surface area contributed by atoms with Gasteiger partial charge in [0.15, 0.2) is 5.69 Å². The van der Waals surface area contributed by atoms with Gasteiger partial charge in [-0.2, -0.15) is 5.10 Å². The molecule has 0 aliphatic heterocycles. The number of nitrogens with one attached hydrogen (secondary N) is 1. The topological polar surface area (TPSA) is 128 Å². The van der Waals surface area contributed by atoms with Crippen molar-refractivity contribution in [3.63, 3.8) is 0 Å². The van der Waals surface area contributed by atoms with E-state index in [-0.39, 0.29) is 16.4 Å². The SMILES string of the molecule is Cc1cc([C@@H](C)Nc2ccc(Cl)nc2C(=O)O)c2nc(-c3cncc(-n4cccn4)c3)n(C)c(=O)c2c1. The minimum atomic E-state index is -1.20. The molecule has 5 aromatic rings. The molecule has 5 rings (SSSR count). The number of pyridine rings is 2. The molecule has 0 fully saturated rings. The number of aryl methyl sites for hydroxylation is 1. The van der Waals surface area contributed by atoms with Crippen LogP contribution in [0.25, 0.3) is 28.0 Å². The molecule has 0 aliphatic rings. The summed E-state index contributed by atoms with van der Waals surface area (Å²) in [5.41, 5.74) is 3.40. The highest BCUT2D eigenvalue weighted by Crippen LogP contribution is 2.29. The van der Waals surface area contributed by atoms with Crippen LogP contribution >= 0.6 is 11.6 Å². The van der Waals surface area contributed by atoms with E-state index in [1.807, 2.05) is 32.0 Å². The Balaban J connectivity index is 1.65. The summed E-state index contributed by atoms with van der Waals surface area (Å²) < 4.78 is 3.18. The lowest BCUT2D eigenvalue weighted by Crippen LogP contribution is -2.22. The normalized spacial score (nSPS) is 12.0. The van der Waals surface area contributed by atoms with Crippen molar-refractivity contribution < 1.29 is 9.90 Å². The molecular formula is C26H22ClN7O3. The molecule has 1 aromatic carbocycles. The van der Waals surface area contributed by atoms with E-state index in [2.05, 4.69) is 20.4 Å². The van der Waals surface area contributed by atoms with E-state index in [0.717, 1.165) is 16.8 Å². The number of aromatic nitrogens is 6. The number of aromatic carboxylic acids is 1. The Kier molecular flexibility index (Phi) is 6.18. The Morgan fingerprint density at radius 2 is 1.97 bits per heavy atom. The second-order valence-electron chi connectivity index (χ2n) is 8.63. The monoisotopic (exact) mass is 515 g/mol. The Morgan fingerprint density at radius 3 is 2.70 bits per heavy atom. The molecule has 0 aliphatic carbocycles. The number of anilines is 1. The molecule has 186 valence electrons. The number of nitrogens with zero attached hydrogens (tertiary/aromatic N) is 6. The van der Waals surface area contributed by atoms with Crippen LogP contribution in [0.1, 0.15) is 34.6 Å². The van der Waals surface area contributed by atoms with Gasteiger partial charge in [-0.1, -0.05) is 17.7 Å². The Hall–Kier alpha value is -4.57. The standard InChI is InChI=1S/C26H22ClN7O3/c1-14-9-18(15(2)30-20-5-6-21(27)31-23(20)26(36)37)22-19(10-14)25(35)33(3)24(32-22)16-11-17(13-28-12-16)34-8-4-7-29-34/h4-13,15,30H,1-3H3,(H,36,37)/t15-/m1/s1. The summed E-state index contributed by atoms with van der Waals surface area (Å²) in [7, 11) is 1.67. The van der Waals surface area contributed by atoms with E-state index in [9.17, 15) is 14.7 Å². The fraction of sp³-hybridized carbons (Fsp3) is 0.154. The maximum absolute atomic E-state index is 13.5. The Morgan fingerprint density at radius 1 is 1.16 bits per heavy atom. The number of carboxylic acids is 1. The first-order chi connectivity index (χ1) is 17.7. The lowest BCUT2D eigenvalue weighted by Gasteiger charge is -2.20. The van der Waals surface area contributed by atoms with Crippen LogP contribution in [0.3, 0.4) is 0 Å².